The Hall–Kier alpha value is -1.46. The molecular weight excluding hydrogens is 244 g/mol. The van der Waals surface area contributed by atoms with Gasteiger partial charge in [0.25, 0.3) is 0 Å². The van der Waals surface area contributed by atoms with Crippen LogP contribution in [0, 0.1) is 5.92 Å². The van der Waals surface area contributed by atoms with Gasteiger partial charge < -0.3 is 25.2 Å². The van der Waals surface area contributed by atoms with Crippen molar-refractivity contribution < 1.29 is 14.6 Å². The lowest BCUT2D eigenvalue weighted by Gasteiger charge is -2.21. The number of methoxy groups -OCH3 is 2. The van der Waals surface area contributed by atoms with E-state index in [1.807, 2.05) is 18.2 Å². The molecule has 1 saturated heterocycles. The van der Waals surface area contributed by atoms with Gasteiger partial charge in [0.1, 0.15) is 0 Å². The van der Waals surface area contributed by atoms with E-state index in [1.165, 1.54) is 0 Å². The molecule has 1 fully saturated rings. The summed E-state index contributed by atoms with van der Waals surface area (Å²) in [6.07, 6.45) is 1.01. The summed E-state index contributed by atoms with van der Waals surface area (Å²) < 4.78 is 10.5. The zero-order valence-corrected chi connectivity index (χ0v) is 11.5. The van der Waals surface area contributed by atoms with Gasteiger partial charge in [-0.2, -0.15) is 0 Å². The second-order valence-corrected chi connectivity index (χ2v) is 4.88. The quantitative estimate of drug-likeness (QED) is 0.827. The van der Waals surface area contributed by atoms with E-state index in [-0.39, 0.29) is 12.6 Å². The molecule has 1 aromatic carbocycles. The van der Waals surface area contributed by atoms with E-state index in [1.54, 1.807) is 14.2 Å². The Morgan fingerprint density at radius 2 is 2.11 bits per heavy atom. The van der Waals surface area contributed by atoms with Gasteiger partial charge in [-0.3, -0.25) is 0 Å². The number of aliphatic hydroxyl groups is 1. The molecule has 0 aromatic heterocycles. The SMILES string of the molecule is COc1ccc(N2CCC(C(N)CO)C2)cc1OC. The van der Waals surface area contributed by atoms with Crippen molar-refractivity contribution >= 4 is 5.69 Å². The van der Waals surface area contributed by atoms with Gasteiger partial charge in [-0.25, -0.2) is 0 Å². The molecule has 106 valence electrons. The van der Waals surface area contributed by atoms with Gasteiger partial charge in [0.2, 0.25) is 0 Å². The van der Waals surface area contributed by atoms with Crippen LogP contribution in [0.4, 0.5) is 5.69 Å². The van der Waals surface area contributed by atoms with Crippen molar-refractivity contribution in [3.05, 3.63) is 18.2 Å². The van der Waals surface area contributed by atoms with E-state index in [9.17, 15) is 0 Å². The standard InChI is InChI=1S/C14H22N2O3/c1-18-13-4-3-11(7-14(13)19-2)16-6-5-10(8-16)12(15)9-17/h3-4,7,10,12,17H,5-6,8-9,15H2,1-2H3. The maximum Gasteiger partial charge on any atom is 0.162 e. The Kier molecular flexibility index (Phi) is 4.50. The van der Waals surface area contributed by atoms with Gasteiger partial charge in [-0.15, -0.1) is 0 Å². The van der Waals surface area contributed by atoms with Gasteiger partial charge in [0.05, 0.1) is 20.8 Å². The zero-order chi connectivity index (χ0) is 13.8. The fourth-order valence-corrected chi connectivity index (χ4v) is 2.54. The number of anilines is 1. The van der Waals surface area contributed by atoms with E-state index in [0.29, 0.717) is 5.92 Å². The van der Waals surface area contributed by atoms with Crippen molar-refractivity contribution in [3.8, 4) is 11.5 Å². The number of rotatable bonds is 5. The molecule has 5 nitrogen and oxygen atoms in total. The van der Waals surface area contributed by atoms with Crippen LogP contribution in [-0.2, 0) is 0 Å². The largest absolute Gasteiger partial charge is 0.493 e. The van der Waals surface area contributed by atoms with Gasteiger partial charge in [0, 0.05) is 30.9 Å². The van der Waals surface area contributed by atoms with E-state index in [4.69, 9.17) is 20.3 Å². The van der Waals surface area contributed by atoms with Crippen LogP contribution in [0.2, 0.25) is 0 Å². The highest BCUT2D eigenvalue weighted by Crippen LogP contribution is 2.33. The molecule has 1 aromatic rings. The molecule has 2 atom stereocenters. The predicted molar refractivity (Wildman–Crippen MR) is 74.9 cm³/mol. The molecule has 0 aliphatic carbocycles. The molecule has 0 radical (unpaired) electrons. The summed E-state index contributed by atoms with van der Waals surface area (Å²) in [5.41, 5.74) is 7.00. The molecule has 1 aliphatic heterocycles. The highest BCUT2D eigenvalue weighted by atomic mass is 16.5. The fourth-order valence-electron chi connectivity index (χ4n) is 2.54. The Morgan fingerprint density at radius 1 is 1.37 bits per heavy atom. The van der Waals surface area contributed by atoms with Crippen molar-refractivity contribution in [1.29, 1.82) is 0 Å². The molecule has 0 saturated carbocycles. The summed E-state index contributed by atoms with van der Waals surface area (Å²) in [5.74, 6) is 1.81. The Labute approximate surface area is 113 Å². The topological polar surface area (TPSA) is 68.0 Å². The van der Waals surface area contributed by atoms with Crippen molar-refractivity contribution in [1.82, 2.24) is 0 Å². The number of hydrogen-bond acceptors (Lipinski definition) is 5. The Morgan fingerprint density at radius 3 is 2.74 bits per heavy atom. The van der Waals surface area contributed by atoms with E-state index < -0.39 is 0 Å². The predicted octanol–water partition coefficient (Wildman–Crippen LogP) is 0.850. The molecule has 0 bridgehead atoms. The number of nitrogens with two attached hydrogens (primary N) is 1. The monoisotopic (exact) mass is 266 g/mol. The van der Waals surface area contributed by atoms with Gasteiger partial charge in [-0.1, -0.05) is 0 Å². The van der Waals surface area contributed by atoms with Crippen LogP contribution in [0.1, 0.15) is 6.42 Å². The Balaban J connectivity index is 2.11. The molecule has 0 spiro atoms. The van der Waals surface area contributed by atoms with E-state index >= 15 is 0 Å². The molecule has 3 N–H and O–H groups in total. The first-order valence-corrected chi connectivity index (χ1v) is 6.53. The van der Waals surface area contributed by atoms with E-state index in [0.717, 1.165) is 36.7 Å². The average molecular weight is 266 g/mol. The first kappa shape index (κ1) is 14.0. The van der Waals surface area contributed by atoms with Crippen LogP contribution in [0.3, 0.4) is 0 Å². The van der Waals surface area contributed by atoms with Crippen LogP contribution >= 0.6 is 0 Å². The maximum absolute atomic E-state index is 9.12. The van der Waals surface area contributed by atoms with Crippen LogP contribution in [0.25, 0.3) is 0 Å². The third-order valence-corrected chi connectivity index (χ3v) is 3.77. The third kappa shape index (κ3) is 2.93. The number of ether oxygens (including phenoxy) is 2. The minimum absolute atomic E-state index is 0.0461. The highest BCUT2D eigenvalue weighted by molar-refractivity contribution is 5.57. The molecule has 5 heteroatoms. The van der Waals surface area contributed by atoms with Crippen LogP contribution < -0.4 is 20.1 Å². The van der Waals surface area contributed by atoms with Crippen molar-refractivity contribution in [3.63, 3.8) is 0 Å². The second-order valence-electron chi connectivity index (χ2n) is 4.88. The highest BCUT2D eigenvalue weighted by Gasteiger charge is 2.27. The minimum atomic E-state index is -0.134. The summed E-state index contributed by atoms with van der Waals surface area (Å²) in [5, 5.41) is 9.12. The number of aliphatic hydroxyl groups excluding tert-OH is 1. The molecule has 1 aliphatic rings. The number of nitrogens with zero attached hydrogens (tertiary/aromatic N) is 1. The summed E-state index contributed by atoms with van der Waals surface area (Å²) in [6, 6.07) is 5.78. The fraction of sp³-hybridized carbons (Fsp3) is 0.571. The van der Waals surface area contributed by atoms with Gasteiger partial charge in [0.15, 0.2) is 11.5 Å². The number of benzene rings is 1. The lowest BCUT2D eigenvalue weighted by molar-refractivity contribution is 0.233. The van der Waals surface area contributed by atoms with Crippen LogP contribution in [0.5, 0.6) is 11.5 Å². The molecule has 2 rings (SSSR count). The number of hydrogen-bond donors (Lipinski definition) is 2. The lowest BCUT2D eigenvalue weighted by atomic mass is 10.0. The second kappa shape index (κ2) is 6.12. The minimum Gasteiger partial charge on any atom is -0.493 e. The maximum atomic E-state index is 9.12. The summed E-state index contributed by atoms with van der Waals surface area (Å²) in [7, 11) is 3.26. The lowest BCUT2D eigenvalue weighted by Crippen LogP contribution is -2.35. The van der Waals surface area contributed by atoms with E-state index in [2.05, 4.69) is 4.90 Å². The van der Waals surface area contributed by atoms with Crippen molar-refractivity contribution in [2.24, 2.45) is 11.7 Å². The molecule has 2 unspecified atom stereocenters. The molecule has 0 amide bonds. The average Bonchev–Trinajstić information content (AvgIpc) is 2.95. The normalized spacial score (nSPS) is 20.4. The summed E-state index contributed by atoms with van der Waals surface area (Å²) in [4.78, 5) is 2.27. The summed E-state index contributed by atoms with van der Waals surface area (Å²) in [6.45, 7) is 1.87. The van der Waals surface area contributed by atoms with Crippen LogP contribution in [-0.4, -0.2) is 45.1 Å². The molecular formula is C14H22N2O3. The van der Waals surface area contributed by atoms with Crippen molar-refractivity contribution in [2.75, 3.05) is 38.8 Å². The Bertz CT molecular complexity index is 425. The molecule has 19 heavy (non-hydrogen) atoms. The first-order valence-electron chi connectivity index (χ1n) is 6.53. The third-order valence-electron chi connectivity index (χ3n) is 3.77. The summed E-state index contributed by atoms with van der Waals surface area (Å²) >= 11 is 0. The van der Waals surface area contributed by atoms with Gasteiger partial charge >= 0.3 is 0 Å². The zero-order valence-electron chi connectivity index (χ0n) is 11.5. The first-order chi connectivity index (χ1) is 9.19. The van der Waals surface area contributed by atoms with Crippen LogP contribution in [0.15, 0.2) is 18.2 Å². The molecule has 1 heterocycles. The van der Waals surface area contributed by atoms with Gasteiger partial charge in [-0.05, 0) is 24.5 Å². The smallest absolute Gasteiger partial charge is 0.162 e. The van der Waals surface area contributed by atoms with Crippen molar-refractivity contribution in [2.45, 2.75) is 12.5 Å².